The molecule has 0 aromatic heterocycles. The molecule has 0 aliphatic rings. The number of hydrogen-bond acceptors (Lipinski definition) is 4. The standard InChI is InChI=1S/C4H9O4Si.3Rb/c1-2-3-4-8-9(5,6)7;;;/h2-4H2,1H3;;;/q-3;3*+1. The molecule has 0 spiro atoms. The van der Waals surface area contributed by atoms with Crippen molar-refractivity contribution in [3.8, 4) is 0 Å². The van der Waals surface area contributed by atoms with Crippen molar-refractivity contribution < 1.29 is 193 Å². The van der Waals surface area contributed by atoms with Crippen molar-refractivity contribution in [2.24, 2.45) is 0 Å². The van der Waals surface area contributed by atoms with Crippen LogP contribution in [-0.4, -0.2) is 15.7 Å². The Morgan fingerprint density at radius 3 is 1.75 bits per heavy atom. The fraction of sp³-hybridized carbons (Fsp3) is 1.00. The molecule has 0 N–H and O–H groups in total. The Kier molecular flexibility index (Phi) is 35.9. The van der Waals surface area contributed by atoms with Crippen molar-refractivity contribution in [3.05, 3.63) is 0 Å². The van der Waals surface area contributed by atoms with Crippen LogP contribution in [0.25, 0.3) is 0 Å². The summed E-state index contributed by atoms with van der Waals surface area (Å²) in [5.74, 6) is 0. The average Bonchev–Trinajstić information content (AvgIpc) is 1.63. The maximum atomic E-state index is 9.78. The van der Waals surface area contributed by atoms with Crippen LogP contribution in [0.4, 0.5) is 0 Å². The molecular weight excluding hydrogens is 397 g/mol. The van der Waals surface area contributed by atoms with Gasteiger partial charge in [0, 0.05) is 6.61 Å². The molecule has 0 bridgehead atoms. The predicted molar refractivity (Wildman–Crippen MR) is 26.6 cm³/mol. The van der Waals surface area contributed by atoms with Gasteiger partial charge in [0.05, 0.1) is 0 Å². The van der Waals surface area contributed by atoms with E-state index in [4.69, 9.17) is 0 Å². The van der Waals surface area contributed by atoms with Crippen molar-refractivity contribution >= 4 is 9.05 Å². The van der Waals surface area contributed by atoms with Gasteiger partial charge in [-0.05, 0) is 6.42 Å². The van der Waals surface area contributed by atoms with Crippen LogP contribution < -0.4 is 189 Å². The SMILES string of the molecule is CCCCO[Si]([O-])([O-])[O-].[Rb+].[Rb+].[Rb+]. The quantitative estimate of drug-likeness (QED) is 0.344. The molecule has 0 atom stereocenters. The first kappa shape index (κ1) is 26.1. The zero-order chi connectivity index (χ0) is 7.33. The maximum absolute atomic E-state index is 9.78. The number of hydrogen-bond donors (Lipinski definition) is 0. The van der Waals surface area contributed by atoms with Gasteiger partial charge in [-0.15, -0.1) is 9.05 Å². The van der Waals surface area contributed by atoms with E-state index >= 15 is 0 Å². The summed E-state index contributed by atoms with van der Waals surface area (Å²) in [7, 11) is -4.94. The maximum Gasteiger partial charge on any atom is 1.00 e. The Hall–Kier alpha value is 5.47. The first-order chi connectivity index (χ1) is 4.06. The Morgan fingerprint density at radius 1 is 1.08 bits per heavy atom. The summed E-state index contributed by atoms with van der Waals surface area (Å²) in [5.41, 5.74) is 0. The Bertz CT molecular complexity index is 79.2. The van der Waals surface area contributed by atoms with E-state index in [-0.39, 0.29) is 181 Å². The fourth-order valence-corrected chi connectivity index (χ4v) is 0.736. The first-order valence-corrected chi connectivity index (χ1v) is 4.45. The van der Waals surface area contributed by atoms with Crippen molar-refractivity contribution in [2.45, 2.75) is 19.8 Å². The molecule has 4 nitrogen and oxygen atoms in total. The van der Waals surface area contributed by atoms with Crippen LogP contribution in [0, 0.1) is 0 Å². The van der Waals surface area contributed by atoms with E-state index in [1.54, 1.807) is 0 Å². The summed E-state index contributed by atoms with van der Waals surface area (Å²) >= 11 is 0. The second-order valence-corrected chi connectivity index (χ2v) is 2.99. The molecule has 8 heteroatoms. The van der Waals surface area contributed by atoms with Gasteiger partial charge in [0.1, 0.15) is 0 Å². The largest absolute Gasteiger partial charge is 1.00 e. The third-order valence-corrected chi connectivity index (χ3v) is 1.33. The zero-order valence-electron chi connectivity index (χ0n) is 8.25. The predicted octanol–water partition coefficient (Wildman–Crippen LogP) is -11.7. The van der Waals surface area contributed by atoms with Crippen LogP contribution in [0.15, 0.2) is 0 Å². The molecule has 0 fully saturated rings. The normalized spacial score (nSPS) is 9.00. The molecule has 0 aliphatic heterocycles. The molecule has 0 aliphatic carbocycles. The molecule has 12 heavy (non-hydrogen) atoms. The second-order valence-electron chi connectivity index (χ2n) is 1.70. The van der Waals surface area contributed by atoms with Crippen LogP contribution in [-0.2, 0) is 4.43 Å². The second kappa shape index (κ2) is 16.5. The third-order valence-electron chi connectivity index (χ3n) is 0.777. The van der Waals surface area contributed by atoms with E-state index in [1.807, 2.05) is 6.92 Å². The van der Waals surface area contributed by atoms with Crippen LogP contribution in [0.2, 0.25) is 0 Å². The monoisotopic (exact) mass is 404 g/mol. The Labute approximate surface area is 221 Å². The van der Waals surface area contributed by atoms with Gasteiger partial charge in [0.2, 0.25) is 0 Å². The Balaban J connectivity index is -0.000000107. The van der Waals surface area contributed by atoms with Gasteiger partial charge in [0.15, 0.2) is 0 Å². The topological polar surface area (TPSA) is 78.4 Å². The van der Waals surface area contributed by atoms with Crippen molar-refractivity contribution in [3.63, 3.8) is 0 Å². The van der Waals surface area contributed by atoms with Crippen LogP contribution in [0.3, 0.4) is 0 Å². The molecule has 0 heterocycles. The third kappa shape index (κ3) is 24.6. The molecule has 0 aromatic rings. The molecule has 0 unspecified atom stereocenters. The summed E-state index contributed by atoms with van der Waals surface area (Å²) in [6.45, 7) is 1.91. The van der Waals surface area contributed by atoms with Crippen LogP contribution >= 0.6 is 0 Å². The summed E-state index contributed by atoms with van der Waals surface area (Å²) in [6.07, 6.45) is 1.44. The summed E-state index contributed by atoms with van der Waals surface area (Å²) in [6, 6.07) is 0. The van der Waals surface area contributed by atoms with Crippen molar-refractivity contribution in [1.82, 2.24) is 0 Å². The van der Waals surface area contributed by atoms with Gasteiger partial charge in [0.25, 0.3) is 0 Å². The molecule has 0 amide bonds. The molecule has 0 aromatic carbocycles. The molecular formula is C4H9O4Rb3Si. The summed E-state index contributed by atoms with van der Waals surface area (Å²) < 4.78 is 3.94. The van der Waals surface area contributed by atoms with E-state index in [2.05, 4.69) is 4.43 Å². The first-order valence-electron chi connectivity index (χ1n) is 2.81. The molecule has 0 saturated carbocycles. The van der Waals surface area contributed by atoms with Crippen LogP contribution in [0.5, 0.6) is 0 Å². The molecule has 56 valence electrons. The number of unbranched alkanes of at least 4 members (excludes halogenated alkanes) is 1. The molecule has 0 radical (unpaired) electrons. The minimum Gasteiger partial charge on any atom is -0.861 e. The molecule has 0 saturated heterocycles. The summed E-state index contributed by atoms with van der Waals surface area (Å²) in [5, 5.41) is 0. The van der Waals surface area contributed by atoms with E-state index < -0.39 is 9.05 Å². The summed E-state index contributed by atoms with van der Waals surface area (Å²) in [4.78, 5) is 29.4. The van der Waals surface area contributed by atoms with Crippen molar-refractivity contribution in [2.75, 3.05) is 6.61 Å². The molecule has 0 rings (SSSR count). The zero-order valence-corrected chi connectivity index (χ0v) is 24.0. The minimum atomic E-state index is -4.94. The van der Waals surface area contributed by atoms with E-state index in [9.17, 15) is 14.4 Å². The van der Waals surface area contributed by atoms with E-state index in [0.29, 0.717) is 6.42 Å². The van der Waals surface area contributed by atoms with Crippen LogP contribution in [0.1, 0.15) is 19.8 Å². The van der Waals surface area contributed by atoms with Gasteiger partial charge in [-0.3, -0.25) is 0 Å². The van der Waals surface area contributed by atoms with Gasteiger partial charge in [-0.1, -0.05) is 13.3 Å². The van der Waals surface area contributed by atoms with Gasteiger partial charge < -0.3 is 18.8 Å². The number of rotatable bonds is 4. The van der Waals surface area contributed by atoms with Crippen molar-refractivity contribution in [1.29, 1.82) is 0 Å². The van der Waals surface area contributed by atoms with E-state index in [0.717, 1.165) is 6.42 Å². The van der Waals surface area contributed by atoms with Gasteiger partial charge in [-0.2, -0.15) is 0 Å². The average molecular weight is 406 g/mol. The fourth-order valence-electron chi connectivity index (χ4n) is 0.342. The smallest absolute Gasteiger partial charge is 0.861 e. The van der Waals surface area contributed by atoms with Gasteiger partial charge >= 0.3 is 175 Å². The van der Waals surface area contributed by atoms with E-state index in [1.165, 1.54) is 0 Å². The Morgan fingerprint density at radius 2 is 1.50 bits per heavy atom. The minimum absolute atomic E-state index is 0. The van der Waals surface area contributed by atoms with Gasteiger partial charge in [-0.25, -0.2) is 0 Å².